The molecule has 0 saturated heterocycles. The third-order valence-corrected chi connectivity index (χ3v) is 3.08. The fourth-order valence-electron chi connectivity index (χ4n) is 1.58. The molecule has 0 spiro atoms. The van der Waals surface area contributed by atoms with Gasteiger partial charge < -0.3 is 9.47 Å². The van der Waals surface area contributed by atoms with Gasteiger partial charge in [0.25, 0.3) is 0 Å². The van der Waals surface area contributed by atoms with Gasteiger partial charge in [0.1, 0.15) is 11.7 Å². The number of likely N-dealkylation sites (N-methyl/N-ethyl adjacent to an activating group) is 1. The van der Waals surface area contributed by atoms with Crippen LogP contribution in [0, 0.1) is 0 Å². The molecule has 0 bridgehead atoms. The van der Waals surface area contributed by atoms with Crippen molar-refractivity contribution in [1.82, 2.24) is 14.5 Å². The summed E-state index contributed by atoms with van der Waals surface area (Å²) in [6, 6.07) is 1.79. The Bertz CT molecular complexity index is 577. The summed E-state index contributed by atoms with van der Waals surface area (Å²) in [5, 5.41) is 1.54. The van der Waals surface area contributed by atoms with E-state index in [1.807, 2.05) is 0 Å². The van der Waals surface area contributed by atoms with E-state index in [9.17, 15) is 4.79 Å². The molecule has 2 heterocycles. The zero-order chi connectivity index (χ0) is 12.6. The Morgan fingerprint density at radius 2 is 2.18 bits per heavy atom. The van der Waals surface area contributed by atoms with Gasteiger partial charge in [0.15, 0.2) is 0 Å². The maximum Gasteiger partial charge on any atom is 0.241 e. The number of halogens is 2. The molecule has 0 unspecified atom stereocenters. The van der Waals surface area contributed by atoms with Crippen molar-refractivity contribution in [2.45, 2.75) is 6.54 Å². The van der Waals surface area contributed by atoms with Gasteiger partial charge in [0.2, 0.25) is 5.91 Å². The normalized spacial score (nSPS) is 10.8. The molecule has 17 heavy (non-hydrogen) atoms. The molecule has 0 atom stereocenters. The molecule has 6 heteroatoms. The monoisotopic (exact) mass is 271 g/mol. The lowest BCUT2D eigenvalue weighted by Crippen LogP contribution is -2.25. The molecule has 0 aliphatic heterocycles. The van der Waals surface area contributed by atoms with Crippen molar-refractivity contribution in [1.29, 1.82) is 0 Å². The van der Waals surface area contributed by atoms with E-state index in [0.717, 1.165) is 5.52 Å². The van der Waals surface area contributed by atoms with E-state index in [0.29, 0.717) is 15.6 Å². The lowest BCUT2D eigenvalue weighted by Gasteiger charge is -2.11. The average Bonchev–Trinajstić information content (AvgIpc) is 2.57. The quantitative estimate of drug-likeness (QED) is 0.787. The van der Waals surface area contributed by atoms with E-state index in [1.165, 1.54) is 4.90 Å². The van der Waals surface area contributed by atoms with E-state index in [1.54, 1.807) is 37.1 Å². The molecule has 0 saturated carbocycles. The molecule has 90 valence electrons. The Balaban J connectivity index is 2.49. The molecule has 0 aliphatic carbocycles. The smallest absolute Gasteiger partial charge is 0.241 e. The average molecular weight is 272 g/mol. The summed E-state index contributed by atoms with van der Waals surface area (Å²) < 4.78 is 1.77. The van der Waals surface area contributed by atoms with Crippen molar-refractivity contribution in [3.63, 3.8) is 0 Å². The second-order valence-corrected chi connectivity index (χ2v) is 4.65. The first-order valence-electron chi connectivity index (χ1n) is 4.99. The highest BCUT2D eigenvalue weighted by molar-refractivity contribution is 6.41. The zero-order valence-corrected chi connectivity index (χ0v) is 11.0. The molecule has 2 rings (SSSR count). The maximum absolute atomic E-state index is 11.7. The molecule has 0 radical (unpaired) electrons. The van der Waals surface area contributed by atoms with Crippen LogP contribution in [0.15, 0.2) is 18.5 Å². The Kier molecular flexibility index (Phi) is 3.26. The number of hydrogen-bond acceptors (Lipinski definition) is 2. The Hall–Kier alpha value is -1.26. The van der Waals surface area contributed by atoms with Gasteiger partial charge in [-0.3, -0.25) is 4.79 Å². The van der Waals surface area contributed by atoms with Gasteiger partial charge in [0, 0.05) is 26.5 Å². The Labute approximate surface area is 109 Å². The summed E-state index contributed by atoms with van der Waals surface area (Å²) >= 11 is 12.0. The van der Waals surface area contributed by atoms with Crippen molar-refractivity contribution >= 4 is 40.0 Å². The molecule has 0 aliphatic rings. The van der Waals surface area contributed by atoms with Gasteiger partial charge in [-0.15, -0.1) is 0 Å². The Morgan fingerprint density at radius 3 is 2.82 bits per heavy atom. The number of rotatable bonds is 2. The van der Waals surface area contributed by atoms with Gasteiger partial charge in [-0.1, -0.05) is 23.2 Å². The van der Waals surface area contributed by atoms with E-state index >= 15 is 0 Å². The first kappa shape index (κ1) is 12.2. The number of pyridine rings is 1. The third-order valence-electron chi connectivity index (χ3n) is 2.50. The second-order valence-electron chi connectivity index (χ2n) is 3.89. The number of amides is 1. The van der Waals surface area contributed by atoms with Crippen LogP contribution in [0.5, 0.6) is 0 Å². The number of nitrogens with zero attached hydrogens (tertiary/aromatic N) is 3. The minimum absolute atomic E-state index is 0.00787. The highest BCUT2D eigenvalue weighted by Gasteiger charge is 2.13. The fourth-order valence-corrected chi connectivity index (χ4v) is 2.18. The Morgan fingerprint density at radius 1 is 1.47 bits per heavy atom. The highest BCUT2D eigenvalue weighted by atomic mass is 35.5. The first-order valence-corrected chi connectivity index (χ1v) is 5.75. The summed E-state index contributed by atoms with van der Waals surface area (Å²) in [7, 11) is 3.42. The summed E-state index contributed by atoms with van der Waals surface area (Å²) in [6.07, 6.45) is 3.29. The van der Waals surface area contributed by atoms with Crippen molar-refractivity contribution < 1.29 is 4.79 Å². The SMILES string of the molecule is CN(C)C(=O)Cn1cc(Cl)c2c(Cl)nccc21. The molecule has 2 aromatic heterocycles. The highest BCUT2D eigenvalue weighted by Crippen LogP contribution is 2.30. The molecule has 4 nitrogen and oxygen atoms in total. The number of aromatic nitrogens is 2. The number of carbonyl (C=O) groups excluding carboxylic acids is 1. The maximum atomic E-state index is 11.7. The van der Waals surface area contributed by atoms with Crippen molar-refractivity contribution in [3.05, 3.63) is 28.6 Å². The van der Waals surface area contributed by atoms with Gasteiger partial charge in [-0.25, -0.2) is 4.98 Å². The largest absolute Gasteiger partial charge is 0.347 e. The van der Waals surface area contributed by atoms with E-state index in [4.69, 9.17) is 23.2 Å². The lowest BCUT2D eigenvalue weighted by molar-refractivity contribution is -0.129. The number of carbonyl (C=O) groups is 1. The van der Waals surface area contributed by atoms with Crippen LogP contribution >= 0.6 is 23.2 Å². The predicted molar refractivity (Wildman–Crippen MR) is 68.4 cm³/mol. The van der Waals surface area contributed by atoms with Gasteiger partial charge in [0.05, 0.1) is 15.9 Å². The topological polar surface area (TPSA) is 38.1 Å². The van der Waals surface area contributed by atoms with Crippen LogP contribution in [0.25, 0.3) is 10.9 Å². The number of fused-ring (bicyclic) bond motifs is 1. The summed E-state index contributed by atoms with van der Waals surface area (Å²) in [5.41, 5.74) is 0.810. The minimum atomic E-state index is -0.00787. The van der Waals surface area contributed by atoms with Gasteiger partial charge in [-0.2, -0.15) is 0 Å². The van der Waals surface area contributed by atoms with Crippen LogP contribution in [-0.4, -0.2) is 34.5 Å². The molecular weight excluding hydrogens is 261 g/mol. The number of hydrogen-bond donors (Lipinski definition) is 0. The standard InChI is InChI=1S/C11H11Cl2N3O/c1-15(2)9(17)6-16-5-7(12)10-8(16)3-4-14-11(10)13/h3-5H,6H2,1-2H3. The van der Waals surface area contributed by atoms with Crippen molar-refractivity contribution in [3.8, 4) is 0 Å². The van der Waals surface area contributed by atoms with Gasteiger partial charge in [-0.05, 0) is 6.07 Å². The second kappa shape index (κ2) is 4.55. The molecular formula is C11H11Cl2N3O. The van der Waals surface area contributed by atoms with Crippen LogP contribution < -0.4 is 0 Å². The van der Waals surface area contributed by atoms with Crippen molar-refractivity contribution in [2.24, 2.45) is 0 Å². The minimum Gasteiger partial charge on any atom is -0.347 e. The summed E-state index contributed by atoms with van der Waals surface area (Å²) in [5.74, 6) is -0.00787. The molecule has 2 aromatic rings. The lowest BCUT2D eigenvalue weighted by atomic mass is 10.3. The van der Waals surface area contributed by atoms with E-state index in [2.05, 4.69) is 4.98 Å². The zero-order valence-electron chi connectivity index (χ0n) is 9.44. The predicted octanol–water partition coefficient (Wildman–Crippen LogP) is 2.43. The van der Waals surface area contributed by atoms with E-state index < -0.39 is 0 Å². The summed E-state index contributed by atoms with van der Waals surface area (Å²) in [4.78, 5) is 17.2. The van der Waals surface area contributed by atoms with Crippen LogP contribution in [0.3, 0.4) is 0 Å². The molecule has 0 aromatic carbocycles. The van der Waals surface area contributed by atoms with Crippen LogP contribution in [0.2, 0.25) is 10.2 Å². The van der Waals surface area contributed by atoms with E-state index in [-0.39, 0.29) is 12.5 Å². The first-order chi connectivity index (χ1) is 8.00. The molecule has 1 amide bonds. The summed E-state index contributed by atoms with van der Waals surface area (Å²) in [6.45, 7) is 0.233. The third kappa shape index (κ3) is 2.23. The van der Waals surface area contributed by atoms with Crippen LogP contribution in [-0.2, 0) is 11.3 Å². The fraction of sp³-hybridized carbons (Fsp3) is 0.273. The van der Waals surface area contributed by atoms with Crippen LogP contribution in [0.4, 0.5) is 0 Å². The van der Waals surface area contributed by atoms with Gasteiger partial charge >= 0.3 is 0 Å². The van der Waals surface area contributed by atoms with Crippen LogP contribution in [0.1, 0.15) is 0 Å². The van der Waals surface area contributed by atoms with Crippen molar-refractivity contribution in [2.75, 3.05) is 14.1 Å². The molecule has 0 fully saturated rings. The molecule has 0 N–H and O–H groups in total.